The third kappa shape index (κ3) is 6.52. The van der Waals surface area contributed by atoms with Crippen molar-refractivity contribution in [3.05, 3.63) is 59.7 Å². The number of sulfone groups is 1. The van der Waals surface area contributed by atoms with Gasteiger partial charge in [-0.25, -0.2) is 8.42 Å². The van der Waals surface area contributed by atoms with Crippen LogP contribution in [0.5, 0.6) is 11.5 Å². The lowest BCUT2D eigenvalue weighted by Crippen LogP contribution is -2.31. The molecule has 0 radical (unpaired) electrons. The minimum absolute atomic E-state index is 0.00330. The minimum atomic E-state index is -3.39. The van der Waals surface area contributed by atoms with Gasteiger partial charge in [-0.2, -0.15) is 0 Å². The zero-order valence-corrected chi connectivity index (χ0v) is 16.2. The maximum Gasteiger partial charge on any atom is 0.235 e. The number of benzene rings is 2. The fraction of sp³-hybridized carbons (Fsp3) is 0.350. The number of carbonyl (C=O) groups excluding carboxylic acids is 1. The average molecular weight is 375 g/mol. The third-order valence-corrected chi connectivity index (χ3v) is 5.51. The first kappa shape index (κ1) is 20.0. The van der Waals surface area contributed by atoms with Crippen molar-refractivity contribution in [2.45, 2.75) is 27.3 Å². The van der Waals surface area contributed by atoms with Gasteiger partial charge in [-0.15, -0.1) is 0 Å². The Labute approximate surface area is 155 Å². The molecule has 2 rings (SSSR count). The summed E-state index contributed by atoms with van der Waals surface area (Å²) in [5.74, 6) is 0.336. The van der Waals surface area contributed by atoms with Gasteiger partial charge < -0.3 is 10.1 Å². The molecule has 0 spiro atoms. The summed E-state index contributed by atoms with van der Waals surface area (Å²) in [5.41, 5.74) is 1.92. The van der Waals surface area contributed by atoms with Crippen molar-refractivity contribution in [1.29, 1.82) is 0 Å². The molecule has 26 heavy (non-hydrogen) atoms. The molecule has 1 amide bonds. The molecule has 0 aromatic heterocycles. The summed E-state index contributed by atoms with van der Waals surface area (Å²) in [6, 6.07) is 15.0. The summed E-state index contributed by atoms with van der Waals surface area (Å²) < 4.78 is 29.7. The molecule has 0 saturated heterocycles. The largest absolute Gasteiger partial charge is 0.457 e. The lowest BCUT2D eigenvalue weighted by molar-refractivity contribution is -0.118. The average Bonchev–Trinajstić information content (AvgIpc) is 2.54. The van der Waals surface area contributed by atoms with Gasteiger partial charge in [0, 0.05) is 12.1 Å². The van der Waals surface area contributed by atoms with E-state index >= 15 is 0 Å². The van der Waals surface area contributed by atoms with E-state index in [9.17, 15) is 13.2 Å². The minimum Gasteiger partial charge on any atom is -0.457 e. The first-order valence-corrected chi connectivity index (χ1v) is 10.4. The summed E-state index contributed by atoms with van der Waals surface area (Å²) in [7, 11) is -3.39. The molecule has 0 aliphatic carbocycles. The SMILES string of the molecule is Cc1ccc(Oc2ccccc2CNC(=O)CS(=O)(=O)CC(C)C)cc1. The summed E-state index contributed by atoms with van der Waals surface area (Å²) in [5, 5.41) is 2.67. The molecule has 5 nitrogen and oxygen atoms in total. The Kier molecular flexibility index (Phi) is 6.80. The van der Waals surface area contributed by atoms with E-state index in [4.69, 9.17) is 4.74 Å². The van der Waals surface area contributed by atoms with E-state index in [1.165, 1.54) is 0 Å². The topological polar surface area (TPSA) is 72.5 Å². The van der Waals surface area contributed by atoms with Gasteiger partial charge in [-0.3, -0.25) is 4.79 Å². The number of nitrogens with one attached hydrogen (secondary N) is 1. The summed E-state index contributed by atoms with van der Waals surface area (Å²) >= 11 is 0. The van der Waals surface area contributed by atoms with E-state index in [0.717, 1.165) is 11.1 Å². The van der Waals surface area contributed by atoms with Crippen LogP contribution in [-0.2, 0) is 21.2 Å². The van der Waals surface area contributed by atoms with Gasteiger partial charge in [-0.05, 0) is 31.0 Å². The fourth-order valence-electron chi connectivity index (χ4n) is 2.49. The number of para-hydroxylation sites is 1. The second kappa shape index (κ2) is 8.85. The van der Waals surface area contributed by atoms with Gasteiger partial charge in [0.1, 0.15) is 17.3 Å². The molecule has 0 fully saturated rings. The number of hydrogen-bond acceptors (Lipinski definition) is 4. The van der Waals surface area contributed by atoms with Gasteiger partial charge in [-0.1, -0.05) is 49.7 Å². The summed E-state index contributed by atoms with van der Waals surface area (Å²) in [6.07, 6.45) is 0. The van der Waals surface area contributed by atoms with Crippen molar-refractivity contribution in [3.63, 3.8) is 0 Å². The normalized spacial score (nSPS) is 11.4. The Morgan fingerprint density at radius 3 is 2.38 bits per heavy atom. The van der Waals surface area contributed by atoms with Crippen LogP contribution in [-0.4, -0.2) is 25.8 Å². The van der Waals surface area contributed by atoms with E-state index in [1.807, 2.05) is 69.3 Å². The Bertz CT molecular complexity index is 842. The molecule has 0 heterocycles. The van der Waals surface area contributed by atoms with Crippen LogP contribution in [0, 0.1) is 12.8 Å². The fourth-order valence-corrected chi connectivity index (χ4v) is 4.13. The molecular formula is C20H25NO4S. The highest BCUT2D eigenvalue weighted by atomic mass is 32.2. The molecule has 6 heteroatoms. The standard InChI is InChI=1S/C20H25NO4S/c1-15(2)13-26(23,24)14-20(22)21-12-17-6-4-5-7-19(17)25-18-10-8-16(3)9-11-18/h4-11,15H,12-14H2,1-3H3,(H,21,22). The quantitative estimate of drug-likeness (QED) is 0.767. The molecule has 0 aliphatic heterocycles. The smallest absolute Gasteiger partial charge is 0.235 e. The number of hydrogen-bond donors (Lipinski definition) is 1. The molecule has 140 valence electrons. The maximum atomic E-state index is 12.0. The van der Waals surface area contributed by atoms with Crippen molar-refractivity contribution >= 4 is 15.7 Å². The zero-order valence-electron chi connectivity index (χ0n) is 15.4. The third-order valence-electron chi connectivity index (χ3n) is 3.64. The summed E-state index contributed by atoms with van der Waals surface area (Å²) in [4.78, 5) is 12.0. The number of rotatable bonds is 8. The first-order chi connectivity index (χ1) is 12.2. The molecular weight excluding hydrogens is 350 g/mol. The van der Waals surface area contributed by atoms with Gasteiger partial charge >= 0.3 is 0 Å². The molecule has 1 N–H and O–H groups in total. The molecule has 0 atom stereocenters. The predicted molar refractivity (Wildman–Crippen MR) is 103 cm³/mol. The highest BCUT2D eigenvalue weighted by Crippen LogP contribution is 2.25. The Hall–Kier alpha value is -2.34. The Morgan fingerprint density at radius 1 is 1.08 bits per heavy atom. The van der Waals surface area contributed by atoms with Crippen molar-refractivity contribution in [2.24, 2.45) is 5.92 Å². The van der Waals surface area contributed by atoms with Crippen LogP contribution < -0.4 is 10.1 Å². The summed E-state index contributed by atoms with van der Waals surface area (Å²) in [6.45, 7) is 5.83. The molecule has 2 aromatic rings. The van der Waals surface area contributed by atoms with E-state index in [0.29, 0.717) is 11.5 Å². The number of amides is 1. The van der Waals surface area contributed by atoms with Gasteiger partial charge in [0.25, 0.3) is 0 Å². The molecule has 0 aliphatic rings. The monoisotopic (exact) mass is 375 g/mol. The van der Waals surface area contributed by atoms with Crippen LogP contribution in [0.4, 0.5) is 0 Å². The van der Waals surface area contributed by atoms with Crippen LogP contribution in [0.25, 0.3) is 0 Å². The zero-order chi connectivity index (χ0) is 19.2. The second-order valence-corrected chi connectivity index (χ2v) is 8.86. The van der Waals surface area contributed by atoms with Crippen LogP contribution in [0.15, 0.2) is 48.5 Å². The van der Waals surface area contributed by atoms with Crippen LogP contribution in [0.3, 0.4) is 0 Å². The number of aryl methyl sites for hydroxylation is 1. The van der Waals surface area contributed by atoms with Gasteiger partial charge in [0.2, 0.25) is 5.91 Å². The van der Waals surface area contributed by atoms with Gasteiger partial charge in [0.15, 0.2) is 9.84 Å². The predicted octanol–water partition coefficient (Wildman–Crippen LogP) is 3.47. The van der Waals surface area contributed by atoms with Crippen molar-refractivity contribution in [1.82, 2.24) is 5.32 Å². The number of carbonyl (C=O) groups is 1. The lowest BCUT2D eigenvalue weighted by atomic mass is 10.2. The number of ether oxygens (including phenoxy) is 1. The Balaban J connectivity index is 1.99. The van der Waals surface area contributed by atoms with E-state index in [-0.39, 0.29) is 18.2 Å². The Morgan fingerprint density at radius 2 is 1.73 bits per heavy atom. The molecule has 0 bridgehead atoms. The van der Waals surface area contributed by atoms with Gasteiger partial charge in [0.05, 0.1) is 5.75 Å². The lowest BCUT2D eigenvalue weighted by Gasteiger charge is -2.12. The van der Waals surface area contributed by atoms with E-state index in [1.54, 1.807) is 0 Å². The van der Waals surface area contributed by atoms with Crippen LogP contribution in [0.2, 0.25) is 0 Å². The van der Waals surface area contributed by atoms with E-state index < -0.39 is 21.5 Å². The van der Waals surface area contributed by atoms with Crippen molar-refractivity contribution < 1.29 is 17.9 Å². The van der Waals surface area contributed by atoms with Crippen LogP contribution >= 0.6 is 0 Å². The van der Waals surface area contributed by atoms with E-state index in [2.05, 4.69) is 5.32 Å². The first-order valence-electron chi connectivity index (χ1n) is 8.55. The van der Waals surface area contributed by atoms with Crippen molar-refractivity contribution in [3.8, 4) is 11.5 Å². The molecule has 2 aromatic carbocycles. The highest BCUT2D eigenvalue weighted by Gasteiger charge is 2.18. The van der Waals surface area contributed by atoms with Crippen molar-refractivity contribution in [2.75, 3.05) is 11.5 Å². The molecule has 0 saturated carbocycles. The molecule has 0 unspecified atom stereocenters. The second-order valence-electron chi connectivity index (χ2n) is 6.75. The maximum absolute atomic E-state index is 12.0. The van der Waals surface area contributed by atoms with Crippen LogP contribution in [0.1, 0.15) is 25.0 Å². The highest BCUT2D eigenvalue weighted by molar-refractivity contribution is 7.92.